The van der Waals surface area contributed by atoms with Crippen LogP contribution in [0.2, 0.25) is 0 Å². The number of halogens is 1. The summed E-state index contributed by atoms with van der Waals surface area (Å²) in [7, 11) is 0. The van der Waals surface area contributed by atoms with E-state index in [1.54, 1.807) is 48.5 Å². The van der Waals surface area contributed by atoms with Crippen LogP contribution in [0.15, 0.2) is 51.8 Å². The Morgan fingerprint density at radius 2 is 1.85 bits per heavy atom. The third kappa shape index (κ3) is 3.50. The predicted octanol–water partition coefficient (Wildman–Crippen LogP) is 4.10. The molecule has 6 nitrogen and oxygen atoms in total. The Hall–Kier alpha value is -2.58. The van der Waals surface area contributed by atoms with Crippen molar-refractivity contribution in [3.63, 3.8) is 0 Å². The number of carbonyl (C=O) groups is 3. The Morgan fingerprint density at radius 3 is 2.59 bits per heavy atom. The van der Waals surface area contributed by atoms with E-state index >= 15 is 0 Å². The van der Waals surface area contributed by atoms with Gasteiger partial charge in [0.25, 0.3) is 11.1 Å². The summed E-state index contributed by atoms with van der Waals surface area (Å²) in [6.07, 6.45) is 1.60. The van der Waals surface area contributed by atoms with E-state index in [4.69, 9.17) is 9.47 Å². The number of rotatable bonds is 4. The molecule has 2 aromatic rings. The molecule has 1 saturated heterocycles. The van der Waals surface area contributed by atoms with Crippen molar-refractivity contribution in [3.05, 3.63) is 63.0 Å². The summed E-state index contributed by atoms with van der Waals surface area (Å²) in [6, 6.07) is 12.0. The van der Waals surface area contributed by atoms with Gasteiger partial charge in [0.1, 0.15) is 0 Å². The van der Waals surface area contributed by atoms with Gasteiger partial charge in [0.2, 0.25) is 6.79 Å². The molecule has 2 heterocycles. The first-order valence-electron chi connectivity index (χ1n) is 7.95. The minimum Gasteiger partial charge on any atom is -0.454 e. The number of benzene rings is 2. The SMILES string of the molecule is O=C(CN1C(=O)S/C(=C\c2cc3c(cc2Br)OCO3)C1=O)c1ccccc1. The average molecular weight is 446 g/mol. The fourth-order valence-corrected chi connectivity index (χ4v) is 3.95. The van der Waals surface area contributed by atoms with E-state index in [0.717, 1.165) is 16.7 Å². The highest BCUT2D eigenvalue weighted by Crippen LogP contribution is 2.39. The summed E-state index contributed by atoms with van der Waals surface area (Å²) < 4.78 is 11.4. The van der Waals surface area contributed by atoms with Crippen LogP contribution in [-0.2, 0) is 4.79 Å². The normalized spacial score (nSPS) is 17.1. The maximum Gasteiger partial charge on any atom is 0.293 e. The molecule has 1 fully saturated rings. The standard InChI is InChI=1S/C19H12BrNO5S/c20-13-8-16-15(25-10-26-16)6-12(13)7-17-18(23)21(19(24)27-17)9-14(22)11-4-2-1-3-5-11/h1-8H,9-10H2/b17-7-. The lowest BCUT2D eigenvalue weighted by molar-refractivity contribution is -0.122. The fourth-order valence-electron chi connectivity index (χ4n) is 2.68. The maximum absolute atomic E-state index is 12.6. The number of amides is 2. The molecule has 2 aliphatic rings. The van der Waals surface area contributed by atoms with E-state index in [9.17, 15) is 14.4 Å². The summed E-state index contributed by atoms with van der Waals surface area (Å²) in [4.78, 5) is 38.4. The number of ether oxygens (including phenoxy) is 2. The lowest BCUT2D eigenvalue weighted by atomic mass is 10.1. The van der Waals surface area contributed by atoms with Crippen molar-refractivity contribution in [2.45, 2.75) is 0 Å². The predicted molar refractivity (Wildman–Crippen MR) is 104 cm³/mol. The summed E-state index contributed by atoms with van der Waals surface area (Å²) in [5.41, 5.74) is 1.14. The Morgan fingerprint density at radius 1 is 1.15 bits per heavy atom. The topological polar surface area (TPSA) is 72.9 Å². The monoisotopic (exact) mass is 445 g/mol. The molecule has 0 radical (unpaired) electrons. The number of carbonyl (C=O) groups excluding carboxylic acids is 3. The number of ketones is 1. The van der Waals surface area contributed by atoms with Gasteiger partial charge in [-0.3, -0.25) is 19.3 Å². The van der Waals surface area contributed by atoms with Gasteiger partial charge in [0.15, 0.2) is 17.3 Å². The van der Waals surface area contributed by atoms with Gasteiger partial charge in [-0.05, 0) is 35.5 Å². The van der Waals surface area contributed by atoms with Crippen LogP contribution in [0.25, 0.3) is 6.08 Å². The third-order valence-electron chi connectivity index (χ3n) is 4.05. The molecule has 0 spiro atoms. The van der Waals surface area contributed by atoms with E-state index < -0.39 is 11.1 Å². The van der Waals surface area contributed by atoms with Crippen LogP contribution < -0.4 is 9.47 Å². The van der Waals surface area contributed by atoms with Gasteiger partial charge in [-0.2, -0.15) is 0 Å². The molecule has 2 aliphatic heterocycles. The van der Waals surface area contributed by atoms with Crippen molar-refractivity contribution >= 4 is 50.7 Å². The number of fused-ring (bicyclic) bond motifs is 1. The van der Waals surface area contributed by atoms with Gasteiger partial charge in [-0.15, -0.1) is 0 Å². The molecule has 4 rings (SSSR count). The second-order valence-corrected chi connectivity index (χ2v) is 7.63. The highest BCUT2D eigenvalue weighted by Gasteiger charge is 2.36. The molecule has 0 unspecified atom stereocenters. The fraction of sp³-hybridized carbons (Fsp3) is 0.105. The van der Waals surface area contributed by atoms with E-state index in [-0.39, 0.29) is 24.0 Å². The molecule has 2 amide bonds. The van der Waals surface area contributed by atoms with Crippen LogP contribution in [0, 0.1) is 0 Å². The zero-order chi connectivity index (χ0) is 19.0. The van der Waals surface area contributed by atoms with Crippen LogP contribution in [0.5, 0.6) is 11.5 Å². The lowest BCUT2D eigenvalue weighted by Gasteiger charge is -2.11. The summed E-state index contributed by atoms with van der Waals surface area (Å²) in [6.45, 7) is -0.141. The average Bonchev–Trinajstić information content (AvgIpc) is 3.22. The van der Waals surface area contributed by atoms with E-state index in [1.165, 1.54) is 0 Å². The van der Waals surface area contributed by atoms with Crippen molar-refractivity contribution in [1.82, 2.24) is 4.90 Å². The molecule has 2 aromatic carbocycles. The quantitative estimate of drug-likeness (QED) is 0.520. The van der Waals surface area contributed by atoms with Crippen molar-refractivity contribution in [1.29, 1.82) is 0 Å². The van der Waals surface area contributed by atoms with Gasteiger partial charge >= 0.3 is 0 Å². The van der Waals surface area contributed by atoms with Crippen molar-refractivity contribution in [3.8, 4) is 11.5 Å². The molecular weight excluding hydrogens is 434 g/mol. The highest BCUT2D eigenvalue weighted by molar-refractivity contribution is 9.10. The van der Waals surface area contributed by atoms with Gasteiger partial charge < -0.3 is 9.47 Å². The Balaban J connectivity index is 1.56. The maximum atomic E-state index is 12.6. The molecule has 27 heavy (non-hydrogen) atoms. The summed E-state index contributed by atoms with van der Waals surface area (Å²) in [5, 5.41) is -0.465. The molecule has 0 bridgehead atoms. The molecule has 8 heteroatoms. The largest absolute Gasteiger partial charge is 0.454 e. The lowest BCUT2D eigenvalue weighted by Crippen LogP contribution is -2.33. The Labute approximate surface area is 167 Å². The first-order chi connectivity index (χ1) is 13.0. The number of Topliss-reactive ketones (excluding diaryl/α,β-unsaturated/α-hetero) is 1. The summed E-state index contributed by atoms with van der Waals surface area (Å²) >= 11 is 4.23. The van der Waals surface area contributed by atoms with Crippen LogP contribution in [-0.4, -0.2) is 35.2 Å². The molecular formula is C19H12BrNO5S. The van der Waals surface area contributed by atoms with Crippen molar-refractivity contribution in [2.75, 3.05) is 13.3 Å². The smallest absolute Gasteiger partial charge is 0.293 e. The van der Waals surface area contributed by atoms with Crippen molar-refractivity contribution < 1.29 is 23.9 Å². The molecule has 0 atom stereocenters. The minimum atomic E-state index is -0.487. The Bertz CT molecular complexity index is 989. The van der Waals surface area contributed by atoms with Crippen molar-refractivity contribution in [2.24, 2.45) is 0 Å². The molecule has 0 N–H and O–H groups in total. The Kier molecular flexibility index (Phi) is 4.75. The van der Waals surface area contributed by atoms with E-state index in [2.05, 4.69) is 15.9 Å². The van der Waals surface area contributed by atoms with Crippen LogP contribution in [0.3, 0.4) is 0 Å². The van der Waals surface area contributed by atoms with Crippen LogP contribution in [0.1, 0.15) is 15.9 Å². The van der Waals surface area contributed by atoms with Crippen LogP contribution >= 0.6 is 27.7 Å². The minimum absolute atomic E-state index is 0.142. The molecule has 0 saturated carbocycles. The summed E-state index contributed by atoms with van der Waals surface area (Å²) in [5.74, 6) is 0.408. The number of thioether (sulfide) groups is 1. The third-order valence-corrected chi connectivity index (χ3v) is 5.64. The number of imide groups is 1. The van der Waals surface area contributed by atoms with Gasteiger partial charge in [0.05, 0.1) is 11.4 Å². The zero-order valence-electron chi connectivity index (χ0n) is 13.8. The van der Waals surface area contributed by atoms with E-state index in [1.807, 2.05) is 0 Å². The van der Waals surface area contributed by atoms with Gasteiger partial charge in [0, 0.05) is 10.0 Å². The second-order valence-electron chi connectivity index (χ2n) is 5.78. The molecule has 0 aromatic heterocycles. The van der Waals surface area contributed by atoms with Gasteiger partial charge in [-0.25, -0.2) is 0 Å². The second kappa shape index (κ2) is 7.21. The number of nitrogens with zero attached hydrogens (tertiary/aromatic N) is 1. The first-order valence-corrected chi connectivity index (χ1v) is 9.56. The molecule has 136 valence electrons. The van der Waals surface area contributed by atoms with Crippen LogP contribution in [0.4, 0.5) is 4.79 Å². The highest BCUT2D eigenvalue weighted by atomic mass is 79.9. The van der Waals surface area contributed by atoms with E-state index in [0.29, 0.717) is 27.1 Å². The van der Waals surface area contributed by atoms with Gasteiger partial charge in [-0.1, -0.05) is 46.3 Å². The first kappa shape index (κ1) is 17.8. The molecule has 0 aliphatic carbocycles. The zero-order valence-corrected chi connectivity index (χ0v) is 16.2. The number of hydrogen-bond acceptors (Lipinski definition) is 6. The number of hydrogen-bond donors (Lipinski definition) is 0.